The number of thioether (sulfide) groups is 1. The molecule has 16 heteroatoms. The number of amides is 4. The number of nitrogens with zero attached hydrogens (tertiary/aromatic N) is 8. The smallest absolute Gasteiger partial charge is 0.255 e. The van der Waals surface area contributed by atoms with Gasteiger partial charge in [0.2, 0.25) is 17.7 Å². The van der Waals surface area contributed by atoms with Crippen molar-refractivity contribution >= 4 is 52.2 Å². The maximum Gasteiger partial charge on any atom is 0.255 e. The highest BCUT2D eigenvalue weighted by molar-refractivity contribution is 7.99. The fourth-order valence-corrected chi connectivity index (χ4v) is 10.3. The van der Waals surface area contributed by atoms with Gasteiger partial charge in [0, 0.05) is 80.9 Å². The Morgan fingerprint density at radius 3 is 2.48 bits per heavy atom. The lowest BCUT2D eigenvalue weighted by molar-refractivity contribution is -0.137. The van der Waals surface area contributed by atoms with Gasteiger partial charge in [0.1, 0.15) is 35.4 Å². The van der Waals surface area contributed by atoms with Crippen LogP contribution in [0, 0.1) is 0 Å². The van der Waals surface area contributed by atoms with Crippen LogP contribution in [0.3, 0.4) is 0 Å². The normalized spacial score (nSPS) is 19.7. The molecular weight excluding hydrogens is 829 g/mol. The average molecular weight is 883 g/mol. The number of benzene rings is 3. The van der Waals surface area contributed by atoms with E-state index >= 15 is 0 Å². The van der Waals surface area contributed by atoms with Crippen molar-refractivity contribution in [1.82, 2.24) is 44.7 Å². The SMILES string of the molecule is Nc1ncnc2c1c(-c1ccc(Oc3ccccc3)cc1)nn2[C@@H]1CCCN(C(=O)/C=C/CN2CCN(CCCCCSc3cccc4c3CN(C3CCC(=O)NC3=O)C4=O)CC2)C1. The number of para-hydroxylation sites is 1. The highest BCUT2D eigenvalue weighted by Crippen LogP contribution is 2.36. The molecule has 4 amide bonds. The molecule has 2 atom stereocenters. The molecule has 3 aromatic carbocycles. The van der Waals surface area contributed by atoms with Gasteiger partial charge in [-0.15, -0.1) is 11.8 Å². The third-order valence-electron chi connectivity index (χ3n) is 12.7. The number of piperidine rings is 2. The van der Waals surface area contributed by atoms with Crippen LogP contribution in [0.15, 0.2) is 96.2 Å². The van der Waals surface area contributed by atoms with Gasteiger partial charge in [0.25, 0.3) is 5.91 Å². The Bertz CT molecular complexity index is 2520. The standard InChI is InChI=1S/C48H54N10O5S/c49-45-43-44(33-16-18-36(19-17-33)63-35-11-3-1-4-12-35)53-58(46(43)51-32-50-45)34-10-8-24-56(30-34)42(60)15-9-23-55-27-25-54(26-28-55)22-5-2-6-29-64-40-14-7-13-37-38(40)31-57(48(37)62)39-20-21-41(59)52-47(39)61/h1,3-4,7,9,11-19,32,34,39H,2,5-6,8,10,20-31H2,(H2,49,50,51)(H,52,59,61)/b15-9+/t34-,39?/m1/s1. The van der Waals surface area contributed by atoms with Crippen LogP contribution in [-0.2, 0) is 20.9 Å². The molecule has 3 saturated heterocycles. The van der Waals surface area contributed by atoms with Crippen LogP contribution in [0.4, 0.5) is 5.82 Å². The molecule has 1 unspecified atom stereocenters. The number of unbranched alkanes of at least 4 members (excludes halogenated alkanes) is 2. The lowest BCUT2D eigenvalue weighted by atomic mass is 10.0. The molecular formula is C48H54N10O5S. The van der Waals surface area contributed by atoms with Crippen LogP contribution < -0.4 is 15.8 Å². The number of likely N-dealkylation sites (tertiary alicyclic amines) is 1. The van der Waals surface area contributed by atoms with E-state index in [0.717, 1.165) is 98.9 Å². The number of carbonyl (C=O) groups is 4. The monoisotopic (exact) mass is 882 g/mol. The van der Waals surface area contributed by atoms with Gasteiger partial charge < -0.3 is 25.2 Å². The number of piperazine rings is 1. The zero-order valence-electron chi connectivity index (χ0n) is 35.9. The second kappa shape index (κ2) is 19.7. The van der Waals surface area contributed by atoms with E-state index in [4.69, 9.17) is 15.6 Å². The largest absolute Gasteiger partial charge is 0.457 e. The molecule has 0 spiro atoms. The highest BCUT2D eigenvalue weighted by atomic mass is 32.2. The topological polar surface area (TPSA) is 172 Å². The van der Waals surface area contributed by atoms with Crippen LogP contribution >= 0.6 is 11.8 Å². The first kappa shape index (κ1) is 43.2. The van der Waals surface area contributed by atoms with Crippen molar-refractivity contribution in [2.45, 2.75) is 68.5 Å². The molecule has 4 aliphatic rings. The van der Waals surface area contributed by atoms with Crippen LogP contribution in [0.1, 0.15) is 66.9 Å². The predicted molar refractivity (Wildman–Crippen MR) is 246 cm³/mol. The zero-order valence-corrected chi connectivity index (χ0v) is 36.8. The summed E-state index contributed by atoms with van der Waals surface area (Å²) in [5.74, 6) is 2.04. The van der Waals surface area contributed by atoms with Crippen molar-refractivity contribution < 1.29 is 23.9 Å². The summed E-state index contributed by atoms with van der Waals surface area (Å²) in [5, 5.41) is 8.13. The minimum Gasteiger partial charge on any atom is -0.457 e. The van der Waals surface area contributed by atoms with Crippen molar-refractivity contribution in [3.05, 3.63) is 102 Å². The first-order valence-corrected chi connectivity index (χ1v) is 23.4. The molecule has 9 rings (SSSR count). The Labute approximate surface area is 377 Å². The summed E-state index contributed by atoms with van der Waals surface area (Å²) in [5.41, 5.74) is 10.3. The Morgan fingerprint density at radius 2 is 1.67 bits per heavy atom. The fourth-order valence-electron chi connectivity index (χ4n) is 9.20. The number of anilines is 1. The van der Waals surface area contributed by atoms with Crippen LogP contribution in [0.2, 0.25) is 0 Å². The molecule has 6 heterocycles. The van der Waals surface area contributed by atoms with Crippen molar-refractivity contribution in [1.29, 1.82) is 0 Å². The number of rotatable bonds is 15. The van der Waals surface area contributed by atoms with Gasteiger partial charge in [-0.1, -0.05) is 36.8 Å². The Hall–Kier alpha value is -6.10. The molecule has 64 heavy (non-hydrogen) atoms. The molecule has 4 aliphatic heterocycles. The first-order valence-electron chi connectivity index (χ1n) is 22.4. The number of nitrogens with one attached hydrogen (secondary N) is 1. The minimum absolute atomic E-state index is 0.0145. The molecule has 0 saturated carbocycles. The minimum atomic E-state index is -0.598. The quantitative estimate of drug-likeness (QED) is 0.0551. The number of aromatic nitrogens is 4. The van der Waals surface area contributed by atoms with E-state index in [0.29, 0.717) is 59.9 Å². The molecule has 3 fully saturated rings. The third kappa shape index (κ3) is 9.68. The Balaban J connectivity index is 0.700. The third-order valence-corrected chi connectivity index (χ3v) is 13.9. The average Bonchev–Trinajstić information content (AvgIpc) is 3.88. The van der Waals surface area contributed by atoms with E-state index in [1.54, 1.807) is 22.7 Å². The van der Waals surface area contributed by atoms with Crippen molar-refractivity contribution in [2.24, 2.45) is 0 Å². The molecule has 3 N–H and O–H groups in total. The lowest BCUT2D eigenvalue weighted by Crippen LogP contribution is -2.52. The number of hydrogen-bond acceptors (Lipinski definition) is 12. The summed E-state index contributed by atoms with van der Waals surface area (Å²) in [6, 6.07) is 22.6. The van der Waals surface area contributed by atoms with Gasteiger partial charge in [0.05, 0.1) is 11.4 Å². The zero-order chi connectivity index (χ0) is 44.0. The molecule has 0 aliphatic carbocycles. The summed E-state index contributed by atoms with van der Waals surface area (Å²) in [7, 11) is 0. The summed E-state index contributed by atoms with van der Waals surface area (Å²) < 4.78 is 7.93. The maximum atomic E-state index is 13.5. The fraction of sp³-hybridized carbons (Fsp3) is 0.396. The first-order chi connectivity index (χ1) is 31.3. The van der Waals surface area contributed by atoms with Gasteiger partial charge in [-0.3, -0.25) is 29.4 Å². The number of nitrogens with two attached hydrogens (primary N) is 1. The molecule has 332 valence electrons. The maximum absolute atomic E-state index is 13.5. The van der Waals surface area contributed by atoms with E-state index in [2.05, 4.69) is 31.2 Å². The van der Waals surface area contributed by atoms with E-state index in [-0.39, 0.29) is 36.1 Å². The summed E-state index contributed by atoms with van der Waals surface area (Å²) >= 11 is 1.78. The number of ether oxygens (including phenoxy) is 1. The van der Waals surface area contributed by atoms with Crippen LogP contribution in [0.5, 0.6) is 11.5 Å². The second-order valence-corrected chi connectivity index (χ2v) is 18.0. The lowest BCUT2D eigenvalue weighted by Gasteiger charge is -2.34. The van der Waals surface area contributed by atoms with Gasteiger partial charge in [-0.25, -0.2) is 14.6 Å². The summed E-state index contributed by atoms with van der Waals surface area (Å²) in [6.45, 7) is 7.41. The Kier molecular flexibility index (Phi) is 13.3. The summed E-state index contributed by atoms with van der Waals surface area (Å²) in [4.78, 5) is 69.2. The number of hydrogen-bond donors (Lipinski definition) is 2. The second-order valence-electron chi connectivity index (χ2n) is 16.9. The van der Waals surface area contributed by atoms with E-state index < -0.39 is 6.04 Å². The van der Waals surface area contributed by atoms with E-state index in [9.17, 15) is 19.2 Å². The number of fused-ring (bicyclic) bond motifs is 2. The number of imide groups is 1. The van der Waals surface area contributed by atoms with Crippen molar-refractivity contribution in [3.8, 4) is 22.8 Å². The van der Waals surface area contributed by atoms with Crippen molar-refractivity contribution in [3.63, 3.8) is 0 Å². The van der Waals surface area contributed by atoms with Gasteiger partial charge in [-0.05, 0) is 98.5 Å². The highest BCUT2D eigenvalue weighted by Gasteiger charge is 2.40. The molecule has 15 nitrogen and oxygen atoms in total. The Morgan fingerprint density at radius 1 is 0.875 bits per heavy atom. The van der Waals surface area contributed by atoms with Gasteiger partial charge >= 0.3 is 0 Å². The van der Waals surface area contributed by atoms with Crippen LogP contribution in [0.25, 0.3) is 22.3 Å². The predicted octanol–water partition coefficient (Wildman–Crippen LogP) is 5.93. The number of nitrogen functional groups attached to an aromatic ring is 1. The van der Waals surface area contributed by atoms with Crippen LogP contribution in [-0.4, -0.2) is 127 Å². The van der Waals surface area contributed by atoms with Crippen molar-refractivity contribution in [2.75, 3.05) is 63.8 Å². The number of carbonyl (C=O) groups excluding carboxylic acids is 4. The van der Waals surface area contributed by atoms with Gasteiger partial charge in [0.15, 0.2) is 5.65 Å². The van der Waals surface area contributed by atoms with Gasteiger partial charge in [-0.2, -0.15) is 5.10 Å². The molecule has 0 bridgehead atoms. The molecule has 2 aromatic heterocycles. The molecule has 5 aromatic rings. The van der Waals surface area contributed by atoms with E-state index in [1.165, 1.54) is 6.33 Å². The summed E-state index contributed by atoms with van der Waals surface area (Å²) in [6.07, 6.45) is 10.9. The molecule has 0 radical (unpaired) electrons. The van der Waals surface area contributed by atoms with E-state index in [1.807, 2.05) is 82.4 Å².